The van der Waals surface area contributed by atoms with E-state index in [1.54, 1.807) is 12.1 Å². The van der Waals surface area contributed by atoms with Gasteiger partial charge in [-0.15, -0.1) is 11.3 Å². The van der Waals surface area contributed by atoms with Crippen LogP contribution in [0.5, 0.6) is 0 Å². The van der Waals surface area contributed by atoms with Gasteiger partial charge in [0.15, 0.2) is 0 Å². The zero-order chi connectivity index (χ0) is 17.4. The van der Waals surface area contributed by atoms with Crippen molar-refractivity contribution >= 4 is 51.4 Å². The Morgan fingerprint density at radius 1 is 1.33 bits per heavy atom. The second-order valence-corrected chi connectivity index (χ2v) is 7.95. The predicted molar refractivity (Wildman–Crippen MR) is 98.4 cm³/mol. The molecule has 1 aromatic carbocycles. The Hall–Kier alpha value is -1.56. The fourth-order valence-corrected chi connectivity index (χ4v) is 4.69. The number of anilines is 1. The van der Waals surface area contributed by atoms with Crippen LogP contribution in [-0.2, 0) is 12.8 Å². The van der Waals surface area contributed by atoms with Crippen molar-refractivity contribution in [3.8, 4) is 0 Å². The molecule has 24 heavy (non-hydrogen) atoms. The molecule has 1 unspecified atom stereocenters. The lowest BCUT2D eigenvalue weighted by Gasteiger charge is -2.18. The van der Waals surface area contributed by atoms with Crippen molar-refractivity contribution in [3.63, 3.8) is 0 Å². The van der Waals surface area contributed by atoms with Crippen LogP contribution in [0.3, 0.4) is 0 Å². The van der Waals surface area contributed by atoms with E-state index in [-0.39, 0.29) is 10.9 Å². The maximum absolute atomic E-state index is 12.5. The summed E-state index contributed by atoms with van der Waals surface area (Å²) in [7, 11) is 0. The summed E-state index contributed by atoms with van der Waals surface area (Å²) in [5.41, 5.74) is 7.27. The number of carbonyl (C=O) groups is 2. The highest BCUT2D eigenvalue weighted by Crippen LogP contribution is 2.39. The lowest BCUT2D eigenvalue weighted by atomic mass is 9.87. The fraction of sp³-hybridized carbons (Fsp3) is 0.294. The quantitative estimate of drug-likeness (QED) is 0.817. The van der Waals surface area contributed by atoms with Gasteiger partial charge in [-0.1, -0.05) is 30.1 Å². The second-order valence-electron chi connectivity index (χ2n) is 6.00. The first-order valence-corrected chi connectivity index (χ1v) is 9.14. The van der Waals surface area contributed by atoms with Gasteiger partial charge in [0.05, 0.1) is 16.1 Å². The Balaban J connectivity index is 1.95. The lowest BCUT2D eigenvalue weighted by molar-refractivity contribution is 0.1000. The van der Waals surface area contributed by atoms with E-state index in [1.165, 1.54) is 17.4 Å². The molecule has 1 heterocycles. The predicted octanol–water partition coefficient (Wildman–Crippen LogP) is 4.53. The molecular weight excluding hydrogens is 367 g/mol. The van der Waals surface area contributed by atoms with Crippen LogP contribution in [0.15, 0.2) is 18.2 Å². The monoisotopic (exact) mass is 382 g/mol. The van der Waals surface area contributed by atoms with Crippen LogP contribution in [-0.4, -0.2) is 11.8 Å². The molecule has 1 aromatic heterocycles. The van der Waals surface area contributed by atoms with E-state index >= 15 is 0 Å². The molecular formula is C17H16Cl2N2O2S. The molecule has 1 atom stereocenters. The van der Waals surface area contributed by atoms with Crippen LogP contribution in [0.2, 0.25) is 10.0 Å². The van der Waals surface area contributed by atoms with Gasteiger partial charge >= 0.3 is 0 Å². The Morgan fingerprint density at radius 3 is 2.75 bits per heavy atom. The zero-order valence-electron chi connectivity index (χ0n) is 13.0. The van der Waals surface area contributed by atoms with E-state index in [1.807, 2.05) is 0 Å². The minimum absolute atomic E-state index is 0.260. The molecule has 0 saturated heterocycles. The van der Waals surface area contributed by atoms with Crippen molar-refractivity contribution in [2.24, 2.45) is 11.7 Å². The third kappa shape index (κ3) is 3.29. The fourth-order valence-electron chi connectivity index (χ4n) is 2.95. The average molecular weight is 383 g/mol. The molecule has 126 valence electrons. The Morgan fingerprint density at radius 2 is 2.08 bits per heavy atom. The largest absolute Gasteiger partial charge is 0.365 e. The van der Waals surface area contributed by atoms with Gasteiger partial charge in [0, 0.05) is 9.90 Å². The van der Waals surface area contributed by atoms with Crippen LogP contribution in [0.25, 0.3) is 0 Å². The Bertz CT molecular complexity index is 832. The summed E-state index contributed by atoms with van der Waals surface area (Å²) in [4.78, 5) is 25.6. The lowest BCUT2D eigenvalue weighted by Crippen LogP contribution is -2.20. The summed E-state index contributed by atoms with van der Waals surface area (Å²) in [6.07, 6.45) is 2.78. The Kier molecular flexibility index (Phi) is 4.85. The summed E-state index contributed by atoms with van der Waals surface area (Å²) in [6, 6.07) is 4.66. The maximum Gasteiger partial charge on any atom is 0.257 e. The van der Waals surface area contributed by atoms with Gasteiger partial charge in [0.2, 0.25) is 0 Å². The molecule has 1 aliphatic rings. The number of amides is 2. The first-order chi connectivity index (χ1) is 11.4. The summed E-state index contributed by atoms with van der Waals surface area (Å²) in [6.45, 7) is 2.15. The first kappa shape index (κ1) is 17.3. The number of hydrogen-bond donors (Lipinski definition) is 2. The van der Waals surface area contributed by atoms with Crippen LogP contribution in [0.4, 0.5) is 5.00 Å². The summed E-state index contributed by atoms with van der Waals surface area (Å²) < 4.78 is 0. The molecule has 0 aliphatic heterocycles. The van der Waals surface area contributed by atoms with Crippen LogP contribution < -0.4 is 11.1 Å². The minimum Gasteiger partial charge on any atom is -0.365 e. The molecule has 3 rings (SSSR count). The van der Waals surface area contributed by atoms with E-state index in [2.05, 4.69) is 12.2 Å². The summed E-state index contributed by atoms with van der Waals surface area (Å²) in [5.74, 6) is -0.399. The van der Waals surface area contributed by atoms with E-state index in [0.29, 0.717) is 27.1 Å². The van der Waals surface area contributed by atoms with Gasteiger partial charge in [-0.3, -0.25) is 9.59 Å². The average Bonchev–Trinajstić information content (AvgIpc) is 2.84. The molecule has 0 spiro atoms. The van der Waals surface area contributed by atoms with Gasteiger partial charge in [0.1, 0.15) is 5.00 Å². The van der Waals surface area contributed by atoms with Crippen LogP contribution >= 0.6 is 34.5 Å². The highest BCUT2D eigenvalue weighted by atomic mass is 35.5. The third-order valence-electron chi connectivity index (χ3n) is 4.16. The molecule has 7 heteroatoms. The number of nitrogens with two attached hydrogens (primary N) is 1. The number of carbonyl (C=O) groups excluding carboxylic acids is 2. The van der Waals surface area contributed by atoms with Gasteiger partial charge in [-0.05, 0) is 48.9 Å². The smallest absolute Gasteiger partial charge is 0.257 e. The van der Waals surface area contributed by atoms with Crippen molar-refractivity contribution in [1.82, 2.24) is 0 Å². The van der Waals surface area contributed by atoms with Gasteiger partial charge in [0.25, 0.3) is 11.8 Å². The molecule has 0 fully saturated rings. The number of aryl methyl sites for hydroxylation is 1. The molecule has 2 amide bonds. The molecule has 1 aliphatic carbocycles. The number of primary amides is 1. The number of halogens is 2. The molecule has 0 saturated carbocycles. The van der Waals surface area contributed by atoms with Crippen molar-refractivity contribution in [2.75, 3.05) is 5.32 Å². The van der Waals surface area contributed by atoms with E-state index in [0.717, 1.165) is 29.7 Å². The van der Waals surface area contributed by atoms with Crippen molar-refractivity contribution < 1.29 is 9.59 Å². The SMILES string of the molecule is CC1CCc2sc(NC(=O)c3ccc(Cl)cc3Cl)c(C(N)=O)c2C1. The summed E-state index contributed by atoms with van der Waals surface area (Å²) >= 11 is 13.4. The van der Waals surface area contributed by atoms with Crippen LogP contribution in [0.1, 0.15) is 44.5 Å². The zero-order valence-corrected chi connectivity index (χ0v) is 15.3. The first-order valence-electron chi connectivity index (χ1n) is 7.57. The van der Waals surface area contributed by atoms with E-state index in [9.17, 15) is 9.59 Å². The standard InChI is InChI=1S/C17H16Cl2N2O2S/c1-8-2-5-13-11(6-8)14(15(20)22)17(24-13)21-16(23)10-4-3-9(18)7-12(10)19/h3-4,7-8H,2,5-6H2,1H3,(H2,20,22)(H,21,23). The number of fused-ring (bicyclic) bond motifs is 1. The normalized spacial score (nSPS) is 16.5. The van der Waals surface area contributed by atoms with E-state index < -0.39 is 5.91 Å². The van der Waals surface area contributed by atoms with E-state index in [4.69, 9.17) is 28.9 Å². The third-order valence-corrected chi connectivity index (χ3v) is 5.91. The highest BCUT2D eigenvalue weighted by molar-refractivity contribution is 7.17. The van der Waals surface area contributed by atoms with Crippen molar-refractivity contribution in [1.29, 1.82) is 0 Å². The number of nitrogens with one attached hydrogen (secondary N) is 1. The van der Waals surface area contributed by atoms with Gasteiger partial charge in [-0.2, -0.15) is 0 Å². The second kappa shape index (κ2) is 6.75. The van der Waals surface area contributed by atoms with Crippen molar-refractivity contribution in [2.45, 2.75) is 26.2 Å². The molecule has 3 N–H and O–H groups in total. The Labute approximate surface area is 153 Å². The number of rotatable bonds is 3. The van der Waals surface area contributed by atoms with Crippen LogP contribution in [0, 0.1) is 5.92 Å². The van der Waals surface area contributed by atoms with Crippen molar-refractivity contribution in [3.05, 3.63) is 49.8 Å². The molecule has 0 bridgehead atoms. The molecule has 0 radical (unpaired) electrons. The summed E-state index contributed by atoms with van der Waals surface area (Å²) in [5, 5.41) is 4.00. The number of thiophene rings is 1. The maximum atomic E-state index is 12.5. The van der Waals surface area contributed by atoms with Gasteiger partial charge in [-0.25, -0.2) is 0 Å². The number of benzene rings is 1. The highest BCUT2D eigenvalue weighted by Gasteiger charge is 2.27. The minimum atomic E-state index is -0.515. The molecule has 2 aromatic rings. The topological polar surface area (TPSA) is 72.2 Å². The number of hydrogen-bond acceptors (Lipinski definition) is 3. The van der Waals surface area contributed by atoms with Gasteiger partial charge < -0.3 is 11.1 Å². The molecule has 4 nitrogen and oxygen atoms in total.